The van der Waals surface area contributed by atoms with Crippen molar-refractivity contribution >= 4 is 23.5 Å². The normalized spacial score (nSPS) is 22.7. The van der Waals surface area contributed by atoms with E-state index in [-0.39, 0.29) is 18.9 Å². The molecule has 5 heteroatoms. The molecule has 0 N–H and O–H groups in total. The van der Waals surface area contributed by atoms with Crippen LogP contribution in [-0.2, 0) is 9.53 Å². The second-order valence-electron chi connectivity index (χ2n) is 4.29. The Bertz CT molecular complexity index is 259. The second-order valence-corrected chi connectivity index (χ2v) is 4.82. The van der Waals surface area contributed by atoms with Gasteiger partial charge in [-0.05, 0) is 20.8 Å². The molecule has 1 amide bonds. The molecule has 1 atom stereocenters. The molecule has 1 aliphatic heterocycles. The van der Waals surface area contributed by atoms with Crippen LogP contribution in [0.5, 0.6) is 0 Å². The lowest BCUT2D eigenvalue weighted by molar-refractivity contribution is -0.116. The number of hydrogen-bond donors (Lipinski definition) is 0. The molecule has 1 aliphatic rings. The van der Waals surface area contributed by atoms with E-state index in [1.165, 1.54) is 4.90 Å². The second kappa shape index (κ2) is 3.77. The SMILES string of the molecule is CC(C)(C)OC(=O)N1CC(=O)C(Cl)C1. The van der Waals surface area contributed by atoms with E-state index in [1.807, 2.05) is 0 Å². The summed E-state index contributed by atoms with van der Waals surface area (Å²) in [6.07, 6.45) is -0.478. The summed E-state index contributed by atoms with van der Waals surface area (Å²) < 4.78 is 5.09. The molecule has 1 fully saturated rings. The molecule has 0 aromatic carbocycles. The van der Waals surface area contributed by atoms with E-state index < -0.39 is 17.1 Å². The lowest BCUT2D eigenvalue weighted by atomic mass is 10.2. The number of ketones is 1. The largest absolute Gasteiger partial charge is 0.444 e. The number of halogens is 1. The van der Waals surface area contributed by atoms with Gasteiger partial charge in [-0.25, -0.2) is 4.79 Å². The van der Waals surface area contributed by atoms with Crippen molar-refractivity contribution in [2.45, 2.75) is 31.7 Å². The minimum absolute atomic E-state index is 0.0586. The fraction of sp³-hybridized carbons (Fsp3) is 0.778. The van der Waals surface area contributed by atoms with Gasteiger partial charge in [-0.2, -0.15) is 0 Å². The van der Waals surface area contributed by atoms with Crippen LogP contribution in [0.2, 0.25) is 0 Å². The predicted octanol–water partition coefficient (Wildman–Crippen LogP) is 1.41. The molecule has 0 radical (unpaired) electrons. The fourth-order valence-corrected chi connectivity index (χ4v) is 1.35. The van der Waals surface area contributed by atoms with Gasteiger partial charge in [0.1, 0.15) is 11.0 Å². The van der Waals surface area contributed by atoms with Crippen LogP contribution in [0.3, 0.4) is 0 Å². The molecule has 0 spiro atoms. The van der Waals surface area contributed by atoms with Crippen molar-refractivity contribution in [1.29, 1.82) is 0 Å². The summed E-state index contributed by atoms with van der Waals surface area (Å²) >= 11 is 5.67. The van der Waals surface area contributed by atoms with Gasteiger partial charge in [-0.3, -0.25) is 9.69 Å². The standard InChI is InChI=1S/C9H14ClNO3/c1-9(2,3)14-8(13)11-4-6(10)7(12)5-11/h6H,4-5H2,1-3H3. The number of likely N-dealkylation sites (tertiary alicyclic amines) is 1. The van der Waals surface area contributed by atoms with Gasteiger partial charge in [0.15, 0.2) is 5.78 Å². The third kappa shape index (κ3) is 2.87. The Morgan fingerprint density at radius 3 is 2.50 bits per heavy atom. The summed E-state index contributed by atoms with van der Waals surface area (Å²) in [4.78, 5) is 23.8. The van der Waals surface area contributed by atoms with Crippen LogP contribution >= 0.6 is 11.6 Å². The Morgan fingerprint density at radius 2 is 2.14 bits per heavy atom. The van der Waals surface area contributed by atoms with Crippen molar-refractivity contribution in [3.63, 3.8) is 0 Å². The summed E-state index contributed by atoms with van der Waals surface area (Å²) in [5.41, 5.74) is -0.537. The number of carbonyl (C=O) groups excluding carboxylic acids is 2. The number of Topliss-reactive ketones (excluding diaryl/α,β-unsaturated/α-hetero) is 1. The van der Waals surface area contributed by atoms with Gasteiger partial charge in [0.05, 0.1) is 6.54 Å². The van der Waals surface area contributed by atoms with Crippen LogP contribution in [0.1, 0.15) is 20.8 Å². The number of carbonyl (C=O) groups is 2. The average molecular weight is 220 g/mol. The van der Waals surface area contributed by atoms with Crippen molar-refractivity contribution in [2.75, 3.05) is 13.1 Å². The Kier molecular flexibility index (Phi) is 3.04. The van der Waals surface area contributed by atoms with Crippen LogP contribution in [0, 0.1) is 0 Å². The highest BCUT2D eigenvalue weighted by Gasteiger charge is 2.34. The lowest BCUT2D eigenvalue weighted by Gasteiger charge is -2.23. The predicted molar refractivity (Wildman–Crippen MR) is 52.5 cm³/mol. The van der Waals surface area contributed by atoms with Crippen LogP contribution < -0.4 is 0 Å². The number of hydrogen-bond acceptors (Lipinski definition) is 3. The molecule has 14 heavy (non-hydrogen) atoms. The van der Waals surface area contributed by atoms with Crippen molar-refractivity contribution < 1.29 is 14.3 Å². The maximum absolute atomic E-state index is 11.4. The fourth-order valence-electron chi connectivity index (χ4n) is 1.11. The lowest BCUT2D eigenvalue weighted by Crippen LogP contribution is -2.35. The maximum atomic E-state index is 11.4. The number of alkyl halides is 1. The molecule has 80 valence electrons. The van der Waals surface area contributed by atoms with Crippen molar-refractivity contribution in [3.05, 3.63) is 0 Å². The zero-order valence-corrected chi connectivity index (χ0v) is 9.30. The van der Waals surface area contributed by atoms with Gasteiger partial charge < -0.3 is 4.74 Å². The number of nitrogens with zero attached hydrogens (tertiary/aromatic N) is 1. The zero-order chi connectivity index (χ0) is 10.9. The summed E-state index contributed by atoms with van der Waals surface area (Å²) in [7, 11) is 0. The Hall–Kier alpha value is -0.770. The number of ether oxygens (including phenoxy) is 1. The maximum Gasteiger partial charge on any atom is 0.410 e. The summed E-state index contributed by atoms with van der Waals surface area (Å²) in [5.74, 6) is -0.127. The molecular formula is C9H14ClNO3. The van der Waals surface area contributed by atoms with E-state index in [1.54, 1.807) is 20.8 Å². The molecule has 1 rings (SSSR count). The van der Waals surface area contributed by atoms with E-state index in [2.05, 4.69) is 0 Å². The van der Waals surface area contributed by atoms with E-state index in [0.717, 1.165) is 0 Å². The van der Waals surface area contributed by atoms with E-state index >= 15 is 0 Å². The van der Waals surface area contributed by atoms with Gasteiger partial charge in [0.2, 0.25) is 0 Å². The van der Waals surface area contributed by atoms with Crippen LogP contribution in [-0.4, -0.2) is 40.8 Å². The topological polar surface area (TPSA) is 46.6 Å². The molecule has 0 aromatic rings. The Labute approximate surface area is 88.2 Å². The van der Waals surface area contributed by atoms with Gasteiger partial charge >= 0.3 is 6.09 Å². The monoisotopic (exact) mass is 219 g/mol. The van der Waals surface area contributed by atoms with Gasteiger partial charge in [-0.1, -0.05) is 0 Å². The molecule has 4 nitrogen and oxygen atoms in total. The number of rotatable bonds is 0. The van der Waals surface area contributed by atoms with Crippen LogP contribution in [0.25, 0.3) is 0 Å². The van der Waals surface area contributed by atoms with Gasteiger partial charge in [-0.15, -0.1) is 11.6 Å². The third-order valence-electron chi connectivity index (χ3n) is 1.73. The van der Waals surface area contributed by atoms with E-state index in [0.29, 0.717) is 0 Å². The molecule has 1 saturated heterocycles. The highest BCUT2D eigenvalue weighted by atomic mass is 35.5. The first kappa shape index (κ1) is 11.3. The van der Waals surface area contributed by atoms with Crippen molar-refractivity contribution in [2.24, 2.45) is 0 Å². The first-order chi connectivity index (χ1) is 6.29. The van der Waals surface area contributed by atoms with Crippen LogP contribution in [0.4, 0.5) is 4.79 Å². The minimum atomic E-state index is -0.581. The van der Waals surface area contributed by atoms with Crippen molar-refractivity contribution in [1.82, 2.24) is 4.90 Å². The quantitative estimate of drug-likeness (QED) is 0.579. The molecule has 0 bridgehead atoms. The molecule has 0 aliphatic carbocycles. The van der Waals surface area contributed by atoms with Crippen LogP contribution in [0.15, 0.2) is 0 Å². The smallest absolute Gasteiger partial charge is 0.410 e. The summed E-state index contributed by atoms with van der Waals surface area (Å²) in [6, 6.07) is 0. The average Bonchev–Trinajstić information content (AvgIpc) is 2.28. The Balaban J connectivity index is 2.52. The van der Waals surface area contributed by atoms with E-state index in [4.69, 9.17) is 16.3 Å². The molecular weight excluding hydrogens is 206 g/mol. The minimum Gasteiger partial charge on any atom is -0.444 e. The van der Waals surface area contributed by atoms with Gasteiger partial charge in [0, 0.05) is 6.54 Å². The van der Waals surface area contributed by atoms with Gasteiger partial charge in [0.25, 0.3) is 0 Å². The number of amides is 1. The highest BCUT2D eigenvalue weighted by molar-refractivity contribution is 6.32. The molecule has 0 aromatic heterocycles. The zero-order valence-electron chi connectivity index (χ0n) is 8.54. The third-order valence-corrected chi connectivity index (χ3v) is 2.11. The summed E-state index contributed by atoms with van der Waals surface area (Å²) in [5, 5.41) is -0.581. The Morgan fingerprint density at radius 1 is 1.57 bits per heavy atom. The summed E-state index contributed by atoms with van der Waals surface area (Å²) in [6.45, 7) is 5.64. The highest BCUT2D eigenvalue weighted by Crippen LogP contribution is 2.16. The van der Waals surface area contributed by atoms with Crippen molar-refractivity contribution in [3.8, 4) is 0 Å². The molecule has 1 unspecified atom stereocenters. The van der Waals surface area contributed by atoms with E-state index in [9.17, 15) is 9.59 Å². The first-order valence-electron chi connectivity index (χ1n) is 4.44. The molecule has 1 heterocycles. The molecule has 0 saturated carbocycles. The first-order valence-corrected chi connectivity index (χ1v) is 4.88.